The first kappa shape index (κ1) is 29.3. The van der Waals surface area contributed by atoms with E-state index >= 15 is 0 Å². The van der Waals surface area contributed by atoms with Crippen molar-refractivity contribution in [3.63, 3.8) is 0 Å². The Labute approximate surface area is 87.4 Å². The molecule has 0 saturated heterocycles. The Bertz CT molecular complexity index is 67.5. The fraction of sp³-hybridized carbons (Fsp3) is 0.833. The summed E-state index contributed by atoms with van der Waals surface area (Å²) < 4.78 is 0. The molecule has 1 heteroatoms. The highest BCUT2D eigenvalue weighted by Gasteiger charge is 1.76. The van der Waals surface area contributed by atoms with Crippen molar-refractivity contribution in [3.05, 3.63) is 12.2 Å². The third-order valence-corrected chi connectivity index (χ3v) is 1.20. The fourth-order valence-electron chi connectivity index (χ4n) is 0.638. The number of nitrogens with two attached hydrogens (primary N) is 1. The molecule has 0 aromatic heterocycles. The van der Waals surface area contributed by atoms with E-state index in [2.05, 4.69) is 19.1 Å². The van der Waals surface area contributed by atoms with Crippen molar-refractivity contribution < 1.29 is 0 Å². The molecule has 0 aromatic carbocycles. The predicted molar refractivity (Wildman–Crippen MR) is 69.3 cm³/mol. The van der Waals surface area contributed by atoms with Crippen LogP contribution in [0.5, 0.6) is 0 Å². The second-order valence-corrected chi connectivity index (χ2v) is 2.19. The molecule has 2 N–H and O–H groups in total. The minimum atomic E-state index is 0. The molecule has 0 spiro atoms. The van der Waals surface area contributed by atoms with Crippen molar-refractivity contribution in [2.24, 2.45) is 5.73 Å². The molecule has 0 fully saturated rings. The molecule has 0 rings (SSSR count). The summed E-state index contributed by atoms with van der Waals surface area (Å²) in [6, 6.07) is 0. The molecule has 0 radical (unpaired) electrons. The van der Waals surface area contributed by atoms with Crippen molar-refractivity contribution in [1.29, 1.82) is 0 Å². The van der Waals surface area contributed by atoms with Crippen molar-refractivity contribution >= 4 is 0 Å². The van der Waals surface area contributed by atoms with Gasteiger partial charge in [-0.25, -0.2) is 0 Å². The van der Waals surface area contributed by atoms with Crippen molar-refractivity contribution in [2.75, 3.05) is 6.54 Å². The third kappa shape index (κ3) is 33.9. The highest BCUT2D eigenvalue weighted by atomic mass is 14.5. The summed E-state index contributed by atoms with van der Waals surface area (Å²) in [6.45, 7) is 3.00. The minimum absolute atomic E-state index is 0. The van der Waals surface area contributed by atoms with Gasteiger partial charge in [0.15, 0.2) is 0 Å². The summed E-state index contributed by atoms with van der Waals surface area (Å²) in [4.78, 5) is 0. The van der Waals surface area contributed by atoms with Crippen LogP contribution in [0.2, 0.25) is 0 Å². The number of allylic oxidation sites excluding steroid dienone is 2. The van der Waals surface area contributed by atoms with Crippen LogP contribution in [-0.4, -0.2) is 6.54 Å². The van der Waals surface area contributed by atoms with Gasteiger partial charge in [-0.05, 0) is 25.8 Å². The molecule has 0 aromatic rings. The summed E-state index contributed by atoms with van der Waals surface area (Å²) in [6.07, 6.45) is 9.19. The first-order chi connectivity index (χ1) is 4.41. The topological polar surface area (TPSA) is 26.0 Å². The number of hydrogen-bond donors (Lipinski definition) is 1. The van der Waals surface area contributed by atoms with Gasteiger partial charge in [-0.3, -0.25) is 0 Å². The van der Waals surface area contributed by atoms with Crippen LogP contribution in [0.1, 0.15) is 62.3 Å². The van der Waals surface area contributed by atoms with Gasteiger partial charge in [-0.2, -0.15) is 0 Å². The second-order valence-electron chi connectivity index (χ2n) is 2.19. The second kappa shape index (κ2) is 29.8. The lowest BCUT2D eigenvalue weighted by atomic mass is 10.2. The zero-order valence-corrected chi connectivity index (χ0v) is 6.27. The molecule has 0 heterocycles. The van der Waals surface area contributed by atoms with Crippen LogP contribution >= 0.6 is 0 Å². The lowest BCUT2D eigenvalue weighted by Gasteiger charge is -1.87. The van der Waals surface area contributed by atoms with Crippen LogP contribution in [-0.2, 0) is 0 Å². The Hall–Kier alpha value is -0.300. The van der Waals surface area contributed by atoms with Gasteiger partial charge in [0, 0.05) is 0 Å². The highest BCUT2D eigenvalue weighted by molar-refractivity contribution is 4.80. The molecular weight excluding hydrogens is 158 g/mol. The van der Waals surface area contributed by atoms with Gasteiger partial charge in [-0.1, -0.05) is 55.2 Å². The lowest BCUT2D eigenvalue weighted by molar-refractivity contribution is 0.847. The summed E-state index contributed by atoms with van der Waals surface area (Å²) in [7, 11) is 0. The standard InChI is InChI=1S/C8H17N.4CH4/c1-2-3-4-5-6-7-8-9;;;;/h4-5H,2-3,6-9H2,1H3;4*1H4/b5-4-;;;;. The average Bonchev–Trinajstić information content (AvgIpc) is 1.89. The smallest absolute Gasteiger partial charge is 0.00743 e. The first-order valence-electron chi connectivity index (χ1n) is 3.77. The molecule has 0 amide bonds. The molecular formula is C12H33N. The average molecular weight is 191 g/mol. The van der Waals surface area contributed by atoms with Crippen LogP contribution < -0.4 is 5.73 Å². The Kier molecular flexibility index (Phi) is 67.3. The monoisotopic (exact) mass is 191 g/mol. The van der Waals surface area contributed by atoms with Gasteiger partial charge in [0.1, 0.15) is 0 Å². The molecule has 0 saturated carbocycles. The van der Waals surface area contributed by atoms with Crippen LogP contribution in [0, 0.1) is 0 Å². The zero-order chi connectivity index (χ0) is 6.95. The molecule has 0 atom stereocenters. The van der Waals surface area contributed by atoms with Gasteiger partial charge >= 0.3 is 0 Å². The Balaban J connectivity index is -0.0000000533. The molecule has 1 nitrogen and oxygen atoms in total. The minimum Gasteiger partial charge on any atom is -0.330 e. The van der Waals surface area contributed by atoms with E-state index in [-0.39, 0.29) is 29.7 Å². The van der Waals surface area contributed by atoms with Crippen LogP contribution in [0.3, 0.4) is 0 Å². The van der Waals surface area contributed by atoms with Crippen LogP contribution in [0.4, 0.5) is 0 Å². The third-order valence-electron chi connectivity index (χ3n) is 1.20. The molecule has 0 unspecified atom stereocenters. The fourth-order valence-corrected chi connectivity index (χ4v) is 0.638. The quantitative estimate of drug-likeness (QED) is 0.498. The maximum atomic E-state index is 5.31. The highest BCUT2D eigenvalue weighted by Crippen LogP contribution is 1.92. The molecule has 13 heavy (non-hydrogen) atoms. The lowest BCUT2D eigenvalue weighted by Crippen LogP contribution is -1.96. The van der Waals surface area contributed by atoms with Crippen molar-refractivity contribution in [1.82, 2.24) is 0 Å². The normalized spacial score (nSPS) is 7.54. The maximum Gasteiger partial charge on any atom is -0.00743 e. The van der Waals surface area contributed by atoms with Crippen molar-refractivity contribution in [2.45, 2.75) is 62.3 Å². The number of unbranched alkanes of at least 4 members (excludes halogenated alkanes) is 2. The molecule has 0 aliphatic rings. The van der Waals surface area contributed by atoms with E-state index < -0.39 is 0 Å². The van der Waals surface area contributed by atoms with Gasteiger partial charge in [0.25, 0.3) is 0 Å². The summed E-state index contributed by atoms with van der Waals surface area (Å²) >= 11 is 0. The first-order valence-corrected chi connectivity index (χ1v) is 3.77. The van der Waals surface area contributed by atoms with E-state index in [1.54, 1.807) is 0 Å². The van der Waals surface area contributed by atoms with E-state index in [1.807, 2.05) is 0 Å². The maximum absolute atomic E-state index is 5.31. The summed E-state index contributed by atoms with van der Waals surface area (Å²) in [5.41, 5.74) is 5.31. The van der Waals surface area contributed by atoms with E-state index in [1.165, 1.54) is 12.8 Å². The van der Waals surface area contributed by atoms with Gasteiger partial charge in [0.05, 0.1) is 0 Å². The largest absolute Gasteiger partial charge is 0.330 e. The van der Waals surface area contributed by atoms with E-state index in [9.17, 15) is 0 Å². The van der Waals surface area contributed by atoms with Gasteiger partial charge in [0.2, 0.25) is 0 Å². The Morgan fingerprint density at radius 3 is 1.77 bits per heavy atom. The van der Waals surface area contributed by atoms with Crippen molar-refractivity contribution in [3.8, 4) is 0 Å². The summed E-state index contributed by atoms with van der Waals surface area (Å²) in [5.74, 6) is 0. The SMILES string of the molecule is C.C.C.C.CCC/C=C\CCCN. The molecule has 86 valence electrons. The Morgan fingerprint density at radius 1 is 0.923 bits per heavy atom. The number of rotatable bonds is 5. The van der Waals surface area contributed by atoms with Gasteiger partial charge in [-0.15, -0.1) is 0 Å². The zero-order valence-electron chi connectivity index (χ0n) is 6.27. The van der Waals surface area contributed by atoms with Crippen LogP contribution in [0.25, 0.3) is 0 Å². The molecule has 0 aliphatic heterocycles. The molecule has 0 bridgehead atoms. The predicted octanol–water partition coefficient (Wildman–Crippen LogP) is 4.63. The number of hydrogen-bond acceptors (Lipinski definition) is 1. The summed E-state index contributed by atoms with van der Waals surface area (Å²) in [5, 5.41) is 0. The van der Waals surface area contributed by atoms with Gasteiger partial charge < -0.3 is 5.73 Å². The molecule has 0 aliphatic carbocycles. The van der Waals surface area contributed by atoms with E-state index in [0.717, 1.165) is 19.4 Å². The van der Waals surface area contributed by atoms with E-state index in [0.29, 0.717) is 0 Å². The van der Waals surface area contributed by atoms with Crippen LogP contribution in [0.15, 0.2) is 12.2 Å². The van der Waals surface area contributed by atoms with E-state index in [4.69, 9.17) is 5.73 Å². The Morgan fingerprint density at radius 2 is 1.38 bits per heavy atom.